The third-order valence-electron chi connectivity index (χ3n) is 6.19. The van der Waals surface area contributed by atoms with Crippen molar-refractivity contribution in [1.29, 1.82) is 0 Å². The Balaban J connectivity index is 2.50. The molecule has 37 heavy (non-hydrogen) atoms. The van der Waals surface area contributed by atoms with Gasteiger partial charge in [0.1, 0.15) is 12.2 Å². The van der Waals surface area contributed by atoms with E-state index in [9.17, 15) is 19.8 Å². The van der Waals surface area contributed by atoms with E-state index in [1.165, 1.54) is 7.11 Å². The average Bonchev–Trinajstić information content (AvgIpc) is 2.84. The van der Waals surface area contributed by atoms with Crippen molar-refractivity contribution in [3.8, 4) is 11.5 Å². The van der Waals surface area contributed by atoms with Gasteiger partial charge in [0.15, 0.2) is 11.5 Å². The van der Waals surface area contributed by atoms with Crippen LogP contribution in [0.25, 0.3) is 0 Å². The SMILES string of the molecule is COc1cc(CO)cc(I)c1O[C@H]1C=C(C(=O)NCCO)C[C@@H](N(CCC(C)C)C(=O)CC(C)C)[C@@H]1O. The minimum Gasteiger partial charge on any atom is -0.493 e. The van der Waals surface area contributed by atoms with Crippen LogP contribution in [-0.4, -0.2) is 77.1 Å². The fourth-order valence-corrected chi connectivity index (χ4v) is 5.03. The van der Waals surface area contributed by atoms with Crippen molar-refractivity contribution in [2.45, 2.75) is 71.8 Å². The first-order valence-corrected chi connectivity index (χ1v) is 13.8. The molecule has 0 bridgehead atoms. The summed E-state index contributed by atoms with van der Waals surface area (Å²) < 4.78 is 12.4. The lowest BCUT2D eigenvalue weighted by Crippen LogP contribution is -2.55. The molecule has 2 amide bonds. The zero-order valence-electron chi connectivity index (χ0n) is 22.4. The number of carbonyl (C=O) groups is 2. The highest BCUT2D eigenvalue weighted by atomic mass is 127. The van der Waals surface area contributed by atoms with E-state index in [2.05, 4.69) is 41.8 Å². The molecule has 0 heterocycles. The van der Waals surface area contributed by atoms with Crippen LogP contribution < -0.4 is 14.8 Å². The average molecular weight is 633 g/mol. The largest absolute Gasteiger partial charge is 0.493 e. The fourth-order valence-electron chi connectivity index (χ4n) is 4.23. The molecule has 0 radical (unpaired) electrons. The molecule has 0 spiro atoms. The zero-order chi connectivity index (χ0) is 27.7. The van der Waals surface area contributed by atoms with Gasteiger partial charge in [0.25, 0.3) is 0 Å². The van der Waals surface area contributed by atoms with Crippen LogP contribution in [0.2, 0.25) is 0 Å². The molecule has 0 aliphatic heterocycles. The van der Waals surface area contributed by atoms with E-state index in [1.54, 1.807) is 23.1 Å². The summed E-state index contributed by atoms with van der Waals surface area (Å²) in [7, 11) is 1.49. The number of aliphatic hydroxyl groups excluding tert-OH is 3. The summed E-state index contributed by atoms with van der Waals surface area (Å²) in [6.45, 7) is 8.27. The first-order chi connectivity index (χ1) is 17.5. The first-order valence-electron chi connectivity index (χ1n) is 12.7. The molecule has 1 aliphatic carbocycles. The molecule has 0 fully saturated rings. The van der Waals surface area contributed by atoms with Crippen LogP contribution in [0.15, 0.2) is 23.8 Å². The van der Waals surface area contributed by atoms with Crippen molar-refractivity contribution >= 4 is 34.4 Å². The van der Waals surface area contributed by atoms with Crippen LogP contribution in [-0.2, 0) is 16.2 Å². The summed E-state index contributed by atoms with van der Waals surface area (Å²) in [4.78, 5) is 28.0. The minimum absolute atomic E-state index is 0.0741. The maximum atomic E-state index is 13.3. The molecule has 9 nitrogen and oxygen atoms in total. The van der Waals surface area contributed by atoms with Crippen LogP contribution >= 0.6 is 22.6 Å². The molecular formula is C27H41IN2O7. The smallest absolute Gasteiger partial charge is 0.247 e. The van der Waals surface area contributed by atoms with E-state index in [-0.39, 0.29) is 43.9 Å². The van der Waals surface area contributed by atoms with Gasteiger partial charge in [-0.3, -0.25) is 9.59 Å². The van der Waals surface area contributed by atoms with Gasteiger partial charge in [0, 0.05) is 31.5 Å². The number of carbonyl (C=O) groups excluding carboxylic acids is 2. The van der Waals surface area contributed by atoms with Gasteiger partial charge in [0.2, 0.25) is 11.8 Å². The van der Waals surface area contributed by atoms with Gasteiger partial charge in [-0.25, -0.2) is 0 Å². The van der Waals surface area contributed by atoms with Gasteiger partial charge in [0.05, 0.1) is 29.9 Å². The van der Waals surface area contributed by atoms with Gasteiger partial charge in [-0.1, -0.05) is 27.7 Å². The maximum Gasteiger partial charge on any atom is 0.247 e. The summed E-state index contributed by atoms with van der Waals surface area (Å²) in [6.07, 6.45) is 0.786. The van der Waals surface area contributed by atoms with Crippen molar-refractivity contribution in [1.82, 2.24) is 10.2 Å². The Labute approximate surface area is 233 Å². The predicted octanol–water partition coefficient (Wildman–Crippen LogP) is 2.63. The van der Waals surface area contributed by atoms with Crippen LogP contribution in [0.4, 0.5) is 0 Å². The first kappa shape index (κ1) is 31.3. The normalized spacial score (nSPS) is 19.5. The molecule has 0 aromatic heterocycles. The number of amides is 2. The number of halogens is 1. The summed E-state index contributed by atoms with van der Waals surface area (Å²) >= 11 is 2.07. The molecule has 3 atom stereocenters. The van der Waals surface area contributed by atoms with Crippen LogP contribution in [0.1, 0.15) is 52.5 Å². The monoisotopic (exact) mass is 632 g/mol. The van der Waals surface area contributed by atoms with Crippen LogP contribution in [0, 0.1) is 15.4 Å². The van der Waals surface area contributed by atoms with E-state index in [4.69, 9.17) is 14.6 Å². The van der Waals surface area contributed by atoms with E-state index in [1.807, 2.05) is 13.8 Å². The summed E-state index contributed by atoms with van der Waals surface area (Å²) in [5.74, 6) is 0.796. The second-order valence-corrected chi connectivity index (χ2v) is 11.3. The van der Waals surface area contributed by atoms with Gasteiger partial charge in [-0.05, 0) is 64.6 Å². The molecule has 1 aliphatic rings. The Morgan fingerprint density at radius 1 is 1.19 bits per heavy atom. The molecule has 4 N–H and O–H groups in total. The Morgan fingerprint density at radius 2 is 1.89 bits per heavy atom. The highest BCUT2D eigenvalue weighted by Crippen LogP contribution is 2.37. The van der Waals surface area contributed by atoms with E-state index < -0.39 is 18.2 Å². The van der Waals surface area contributed by atoms with Gasteiger partial charge in [-0.2, -0.15) is 0 Å². The van der Waals surface area contributed by atoms with E-state index in [0.29, 0.717) is 45.1 Å². The molecule has 10 heteroatoms. The van der Waals surface area contributed by atoms with Crippen molar-refractivity contribution in [3.63, 3.8) is 0 Å². The van der Waals surface area contributed by atoms with E-state index in [0.717, 1.165) is 6.42 Å². The minimum atomic E-state index is -1.10. The lowest BCUT2D eigenvalue weighted by atomic mass is 9.87. The number of hydrogen-bond acceptors (Lipinski definition) is 7. The number of methoxy groups -OCH3 is 1. The van der Waals surface area contributed by atoms with Crippen molar-refractivity contribution in [3.05, 3.63) is 32.9 Å². The molecule has 2 rings (SSSR count). The Bertz CT molecular complexity index is 951. The predicted molar refractivity (Wildman–Crippen MR) is 149 cm³/mol. The molecule has 0 unspecified atom stereocenters. The fraction of sp³-hybridized carbons (Fsp3) is 0.630. The lowest BCUT2D eigenvalue weighted by Gasteiger charge is -2.41. The highest BCUT2D eigenvalue weighted by Gasteiger charge is 2.40. The summed E-state index contributed by atoms with van der Waals surface area (Å²) in [6, 6.07) is 2.74. The maximum absolute atomic E-state index is 13.3. The molecule has 1 aromatic rings. The van der Waals surface area contributed by atoms with E-state index >= 15 is 0 Å². The van der Waals surface area contributed by atoms with Crippen molar-refractivity contribution < 1.29 is 34.4 Å². The second kappa shape index (κ2) is 14.9. The zero-order valence-corrected chi connectivity index (χ0v) is 24.5. The molecule has 1 aromatic carbocycles. The summed E-state index contributed by atoms with van der Waals surface area (Å²) in [5, 5.41) is 32.9. The quantitative estimate of drug-likeness (QED) is 0.246. The van der Waals surface area contributed by atoms with Crippen molar-refractivity contribution in [2.24, 2.45) is 11.8 Å². The van der Waals surface area contributed by atoms with Gasteiger partial charge < -0.3 is 35.0 Å². The van der Waals surface area contributed by atoms with Gasteiger partial charge >= 0.3 is 0 Å². The van der Waals surface area contributed by atoms with Gasteiger partial charge in [-0.15, -0.1) is 0 Å². The number of benzene rings is 1. The lowest BCUT2D eigenvalue weighted by molar-refractivity contribution is -0.139. The number of aliphatic hydroxyl groups is 3. The molecular weight excluding hydrogens is 591 g/mol. The Morgan fingerprint density at radius 3 is 2.46 bits per heavy atom. The molecule has 0 saturated heterocycles. The Kier molecular flexibility index (Phi) is 12.6. The number of hydrogen-bond donors (Lipinski definition) is 4. The molecule has 208 valence electrons. The Hall–Kier alpha value is -1.89. The number of ether oxygens (including phenoxy) is 2. The molecule has 0 saturated carbocycles. The van der Waals surface area contributed by atoms with Crippen LogP contribution in [0.3, 0.4) is 0 Å². The second-order valence-electron chi connectivity index (χ2n) is 10.2. The highest BCUT2D eigenvalue weighted by molar-refractivity contribution is 14.1. The standard InChI is InChI=1S/C27H41IN2O7/c1-16(2)6-8-30(24(33)10-17(3)4)21-13-19(27(35)29-7-9-31)14-22(25(21)34)37-26-20(28)11-18(15-32)12-23(26)36-5/h11-12,14,16-17,21-22,25,31-32,34H,6-10,13,15H2,1-5H3,(H,29,35)/t21-,22+,25+/m1/s1. The van der Waals surface area contributed by atoms with Crippen molar-refractivity contribution in [2.75, 3.05) is 26.8 Å². The third-order valence-corrected chi connectivity index (χ3v) is 6.99. The number of rotatable bonds is 13. The third kappa shape index (κ3) is 8.83. The topological polar surface area (TPSA) is 129 Å². The van der Waals surface area contributed by atoms with Crippen LogP contribution in [0.5, 0.6) is 11.5 Å². The number of nitrogens with one attached hydrogen (secondary N) is 1. The summed E-state index contributed by atoms with van der Waals surface area (Å²) in [5.41, 5.74) is 1.02. The number of nitrogens with zero attached hydrogens (tertiary/aromatic N) is 1.